The monoisotopic (exact) mass is 394 g/mol. The van der Waals surface area contributed by atoms with E-state index in [1.165, 1.54) is 23.3 Å². The van der Waals surface area contributed by atoms with Gasteiger partial charge in [-0.1, -0.05) is 36.4 Å². The summed E-state index contributed by atoms with van der Waals surface area (Å²) in [5.41, 5.74) is 6.06. The number of aryl methyl sites for hydroxylation is 1. The third-order valence-electron chi connectivity index (χ3n) is 5.49. The third-order valence-corrected chi connectivity index (χ3v) is 5.49. The largest absolute Gasteiger partial charge is 0.478 e. The van der Waals surface area contributed by atoms with Crippen LogP contribution in [0.25, 0.3) is 0 Å². The molecule has 29 heavy (non-hydrogen) atoms. The number of halogens is 1. The van der Waals surface area contributed by atoms with Crippen molar-refractivity contribution < 1.29 is 14.3 Å². The predicted molar refractivity (Wildman–Crippen MR) is 113 cm³/mol. The van der Waals surface area contributed by atoms with Crippen molar-refractivity contribution in [2.75, 3.05) is 6.54 Å². The molecule has 2 aromatic carbocycles. The number of nitrogens with one attached hydrogen (secondary N) is 1. The molecule has 152 valence electrons. The van der Waals surface area contributed by atoms with Gasteiger partial charge >= 0.3 is 5.97 Å². The van der Waals surface area contributed by atoms with E-state index < -0.39 is 5.97 Å². The van der Waals surface area contributed by atoms with Crippen molar-refractivity contribution in [2.45, 2.75) is 40.3 Å². The first-order valence-electron chi connectivity index (χ1n) is 9.80. The van der Waals surface area contributed by atoms with Gasteiger partial charge in [0.2, 0.25) is 0 Å². The summed E-state index contributed by atoms with van der Waals surface area (Å²) >= 11 is 0. The minimum Gasteiger partial charge on any atom is -0.478 e. The predicted octanol–water partition coefficient (Wildman–Crippen LogP) is 4.63. The summed E-state index contributed by atoms with van der Waals surface area (Å²) in [6, 6.07) is 14.7. The minimum absolute atomic E-state index is 0.290. The summed E-state index contributed by atoms with van der Waals surface area (Å²) in [7, 11) is 0. The standard InChI is InChI=1S/C24H27FN2O2/c1-16-7-4-5-9-20(16)11-12-26-14-22-17(2)27(18(3)23(22)24(28)29)15-19-8-6-10-21(25)13-19/h4-10,13,26H,11-12,14-15H2,1-3H3,(H,28,29). The third kappa shape index (κ3) is 4.74. The van der Waals surface area contributed by atoms with Gasteiger partial charge in [-0.3, -0.25) is 0 Å². The van der Waals surface area contributed by atoms with Crippen molar-refractivity contribution in [1.82, 2.24) is 9.88 Å². The quantitative estimate of drug-likeness (QED) is 0.548. The lowest BCUT2D eigenvalue weighted by Crippen LogP contribution is -2.19. The van der Waals surface area contributed by atoms with E-state index in [9.17, 15) is 14.3 Å². The van der Waals surface area contributed by atoms with Crippen molar-refractivity contribution in [3.63, 3.8) is 0 Å². The molecule has 0 spiro atoms. The summed E-state index contributed by atoms with van der Waals surface area (Å²) in [6.45, 7) is 7.52. The van der Waals surface area contributed by atoms with Gasteiger partial charge in [-0.2, -0.15) is 0 Å². The Morgan fingerprint density at radius 3 is 2.52 bits per heavy atom. The highest BCUT2D eigenvalue weighted by Gasteiger charge is 2.22. The molecule has 1 aromatic heterocycles. The summed E-state index contributed by atoms with van der Waals surface area (Å²) < 4.78 is 15.5. The fraction of sp³-hybridized carbons (Fsp3) is 0.292. The van der Waals surface area contributed by atoms with Crippen LogP contribution in [0, 0.1) is 26.6 Å². The smallest absolute Gasteiger partial charge is 0.337 e. The molecule has 3 aromatic rings. The average molecular weight is 394 g/mol. The summed E-state index contributed by atoms with van der Waals surface area (Å²) in [6.07, 6.45) is 0.886. The molecule has 0 amide bonds. The molecule has 3 rings (SSSR count). The average Bonchev–Trinajstić information content (AvgIpc) is 2.91. The van der Waals surface area contributed by atoms with E-state index in [0.717, 1.165) is 29.8 Å². The van der Waals surface area contributed by atoms with Gasteiger partial charge in [-0.05, 0) is 62.6 Å². The molecule has 0 saturated heterocycles. The number of benzene rings is 2. The number of rotatable bonds is 8. The summed E-state index contributed by atoms with van der Waals surface area (Å²) in [5.74, 6) is -1.22. The number of carboxylic acids is 1. The van der Waals surface area contributed by atoms with Crippen molar-refractivity contribution in [1.29, 1.82) is 0 Å². The van der Waals surface area contributed by atoms with Crippen LogP contribution in [0.3, 0.4) is 0 Å². The normalized spacial score (nSPS) is 11.0. The highest BCUT2D eigenvalue weighted by Crippen LogP contribution is 2.24. The molecule has 0 aliphatic rings. The fourth-order valence-corrected chi connectivity index (χ4v) is 3.83. The van der Waals surface area contributed by atoms with Crippen LogP contribution in [0.1, 0.15) is 44.0 Å². The zero-order valence-electron chi connectivity index (χ0n) is 17.1. The SMILES string of the molecule is Cc1ccccc1CCNCc1c(C(=O)O)c(C)n(Cc2cccc(F)c2)c1C. The van der Waals surface area contributed by atoms with E-state index in [0.29, 0.717) is 24.3 Å². The van der Waals surface area contributed by atoms with E-state index in [1.54, 1.807) is 6.07 Å². The van der Waals surface area contributed by atoms with Crippen molar-refractivity contribution in [3.8, 4) is 0 Å². The molecule has 4 nitrogen and oxygen atoms in total. The Hall–Kier alpha value is -2.92. The first-order valence-corrected chi connectivity index (χ1v) is 9.80. The number of aromatic nitrogens is 1. The van der Waals surface area contributed by atoms with E-state index in [4.69, 9.17) is 0 Å². The van der Waals surface area contributed by atoms with Gasteiger partial charge in [-0.25, -0.2) is 9.18 Å². The molecular formula is C24H27FN2O2. The number of nitrogens with zero attached hydrogens (tertiary/aromatic N) is 1. The van der Waals surface area contributed by atoms with Crippen LogP contribution in [-0.4, -0.2) is 22.2 Å². The highest BCUT2D eigenvalue weighted by molar-refractivity contribution is 5.91. The van der Waals surface area contributed by atoms with Gasteiger partial charge in [0.05, 0.1) is 5.56 Å². The van der Waals surface area contributed by atoms with E-state index >= 15 is 0 Å². The first kappa shape index (κ1) is 20.8. The lowest BCUT2D eigenvalue weighted by atomic mass is 10.1. The van der Waals surface area contributed by atoms with Crippen LogP contribution < -0.4 is 5.32 Å². The van der Waals surface area contributed by atoms with Crippen molar-refractivity contribution >= 4 is 5.97 Å². The van der Waals surface area contributed by atoms with Gasteiger partial charge in [0.1, 0.15) is 5.82 Å². The molecule has 0 aliphatic heterocycles. The Morgan fingerprint density at radius 2 is 1.83 bits per heavy atom. The van der Waals surface area contributed by atoms with Gasteiger partial charge in [-0.15, -0.1) is 0 Å². The van der Waals surface area contributed by atoms with Crippen LogP contribution in [0.4, 0.5) is 4.39 Å². The van der Waals surface area contributed by atoms with E-state index in [2.05, 4.69) is 24.4 Å². The molecule has 0 radical (unpaired) electrons. The number of aromatic carboxylic acids is 1. The van der Waals surface area contributed by atoms with Gasteiger partial charge in [0.15, 0.2) is 0 Å². The second-order valence-electron chi connectivity index (χ2n) is 7.40. The van der Waals surface area contributed by atoms with E-state index in [-0.39, 0.29) is 5.82 Å². The Labute approximate surface area is 171 Å². The topological polar surface area (TPSA) is 54.3 Å². The number of hydrogen-bond donors (Lipinski definition) is 2. The summed E-state index contributed by atoms with van der Waals surface area (Å²) in [4.78, 5) is 11.9. The lowest BCUT2D eigenvalue weighted by Gasteiger charge is -2.11. The molecule has 0 bridgehead atoms. The summed E-state index contributed by atoms with van der Waals surface area (Å²) in [5, 5.41) is 13.2. The zero-order chi connectivity index (χ0) is 21.0. The van der Waals surface area contributed by atoms with Crippen LogP contribution in [-0.2, 0) is 19.5 Å². The van der Waals surface area contributed by atoms with Crippen LogP contribution in [0.15, 0.2) is 48.5 Å². The number of carboxylic acid groups (broad SMARTS) is 1. The van der Waals surface area contributed by atoms with Crippen molar-refractivity contribution in [2.24, 2.45) is 0 Å². The van der Waals surface area contributed by atoms with Crippen LogP contribution in [0.2, 0.25) is 0 Å². The maximum absolute atomic E-state index is 13.5. The molecule has 2 N–H and O–H groups in total. The van der Waals surface area contributed by atoms with Crippen LogP contribution in [0.5, 0.6) is 0 Å². The van der Waals surface area contributed by atoms with Crippen LogP contribution >= 0.6 is 0 Å². The van der Waals surface area contributed by atoms with Gasteiger partial charge in [0, 0.05) is 30.0 Å². The Balaban J connectivity index is 1.77. The molecule has 5 heteroatoms. The van der Waals surface area contributed by atoms with E-state index in [1.807, 2.05) is 36.6 Å². The molecular weight excluding hydrogens is 367 g/mol. The maximum Gasteiger partial charge on any atom is 0.337 e. The molecule has 0 fully saturated rings. The fourth-order valence-electron chi connectivity index (χ4n) is 3.83. The Bertz CT molecular complexity index is 1020. The second-order valence-corrected chi connectivity index (χ2v) is 7.40. The molecule has 0 atom stereocenters. The molecule has 1 heterocycles. The molecule has 0 aliphatic carbocycles. The minimum atomic E-state index is -0.931. The zero-order valence-corrected chi connectivity index (χ0v) is 17.1. The Kier molecular flexibility index (Phi) is 6.49. The first-order chi connectivity index (χ1) is 13.9. The van der Waals surface area contributed by atoms with Crippen molar-refractivity contribution in [3.05, 3.63) is 93.6 Å². The van der Waals surface area contributed by atoms with Gasteiger partial charge < -0.3 is 15.0 Å². The highest BCUT2D eigenvalue weighted by atomic mass is 19.1. The number of hydrogen-bond acceptors (Lipinski definition) is 2. The Morgan fingerprint density at radius 1 is 1.07 bits per heavy atom. The maximum atomic E-state index is 13.5. The van der Waals surface area contributed by atoms with Gasteiger partial charge in [0.25, 0.3) is 0 Å². The second kappa shape index (κ2) is 9.05. The lowest BCUT2D eigenvalue weighted by molar-refractivity contribution is 0.0694. The molecule has 0 unspecified atom stereocenters. The molecule has 0 saturated carbocycles. The number of carbonyl (C=O) groups is 1.